The summed E-state index contributed by atoms with van der Waals surface area (Å²) in [5, 5.41) is 4.81. The fourth-order valence-electron chi connectivity index (χ4n) is 5.65. The maximum absolute atomic E-state index is 4.90. The van der Waals surface area contributed by atoms with Crippen LogP contribution in [0.2, 0.25) is 0 Å². The summed E-state index contributed by atoms with van der Waals surface area (Å²) < 4.78 is 6.70. The topological polar surface area (TPSA) is 40.0 Å². The van der Waals surface area contributed by atoms with Crippen molar-refractivity contribution in [3.05, 3.63) is 121 Å². The number of nitrogens with zero attached hydrogens (tertiary/aromatic N) is 5. The van der Waals surface area contributed by atoms with E-state index in [0.717, 1.165) is 39.8 Å². The van der Waals surface area contributed by atoms with Gasteiger partial charge in [-0.3, -0.25) is 8.97 Å². The molecule has 4 aromatic heterocycles. The van der Waals surface area contributed by atoms with Crippen LogP contribution in [-0.2, 0) is 6.54 Å². The van der Waals surface area contributed by atoms with Crippen molar-refractivity contribution in [2.45, 2.75) is 6.54 Å². The maximum atomic E-state index is 4.90. The van der Waals surface area contributed by atoms with Crippen LogP contribution in [0, 0.1) is 0 Å². The Hall–Kier alpha value is -4.90. The third-order valence-corrected chi connectivity index (χ3v) is 7.25. The molecule has 0 aliphatic heterocycles. The number of hydrogen-bond donors (Lipinski definition) is 0. The quantitative estimate of drug-likeness (QED) is 0.283. The number of benzene rings is 4. The van der Waals surface area contributed by atoms with Crippen LogP contribution in [0.3, 0.4) is 0 Å². The van der Waals surface area contributed by atoms with Gasteiger partial charge in [0.15, 0.2) is 5.65 Å². The van der Waals surface area contributed by atoms with Gasteiger partial charge in [0.25, 0.3) is 0 Å². The molecular formula is C31H21N5. The Bertz CT molecular complexity index is 2020. The second-order valence-corrected chi connectivity index (χ2v) is 9.24. The Labute approximate surface area is 206 Å². The highest BCUT2D eigenvalue weighted by Crippen LogP contribution is 2.33. The number of rotatable bonds is 3. The molecule has 0 atom stereocenters. The molecule has 8 rings (SSSR count). The van der Waals surface area contributed by atoms with Crippen LogP contribution >= 0.6 is 0 Å². The number of pyridine rings is 1. The SMILES string of the molecule is c1ccc(-n2cnc3c4cc(Cn5c6ccccc6c6ccccc65)ccc4c4nccn4c32)cc1. The van der Waals surface area contributed by atoms with Gasteiger partial charge in [-0.2, -0.15) is 0 Å². The van der Waals surface area contributed by atoms with Crippen molar-refractivity contribution in [3.63, 3.8) is 0 Å². The van der Waals surface area contributed by atoms with E-state index in [2.05, 4.69) is 105 Å². The Morgan fingerprint density at radius 3 is 2.14 bits per heavy atom. The molecule has 0 radical (unpaired) electrons. The second-order valence-electron chi connectivity index (χ2n) is 9.24. The summed E-state index contributed by atoms with van der Waals surface area (Å²) in [5.74, 6) is 0. The summed E-state index contributed by atoms with van der Waals surface area (Å²) in [6.07, 6.45) is 5.80. The monoisotopic (exact) mass is 463 g/mol. The lowest BCUT2D eigenvalue weighted by Gasteiger charge is -2.11. The van der Waals surface area contributed by atoms with Gasteiger partial charge in [0, 0.05) is 57.2 Å². The minimum absolute atomic E-state index is 0.782. The van der Waals surface area contributed by atoms with Gasteiger partial charge in [0.2, 0.25) is 0 Å². The number of fused-ring (bicyclic) bond motifs is 9. The average Bonchev–Trinajstić information content (AvgIpc) is 3.66. The highest BCUT2D eigenvalue weighted by atomic mass is 15.2. The highest BCUT2D eigenvalue weighted by molar-refractivity contribution is 6.10. The third kappa shape index (κ3) is 2.65. The van der Waals surface area contributed by atoms with Gasteiger partial charge in [-0.05, 0) is 35.9 Å². The zero-order chi connectivity index (χ0) is 23.6. The lowest BCUT2D eigenvalue weighted by atomic mass is 10.1. The first-order valence-electron chi connectivity index (χ1n) is 12.1. The Morgan fingerprint density at radius 2 is 1.36 bits per heavy atom. The summed E-state index contributed by atoms with van der Waals surface area (Å²) in [4.78, 5) is 9.61. The van der Waals surface area contributed by atoms with E-state index in [9.17, 15) is 0 Å². The largest absolute Gasteiger partial charge is 0.336 e. The third-order valence-electron chi connectivity index (χ3n) is 7.25. The van der Waals surface area contributed by atoms with E-state index in [1.807, 2.05) is 24.8 Å². The molecule has 0 aliphatic carbocycles. The van der Waals surface area contributed by atoms with Crippen molar-refractivity contribution in [1.82, 2.24) is 23.5 Å². The van der Waals surface area contributed by atoms with Gasteiger partial charge in [-0.15, -0.1) is 0 Å². The van der Waals surface area contributed by atoms with E-state index in [4.69, 9.17) is 9.97 Å². The van der Waals surface area contributed by atoms with Gasteiger partial charge in [0.05, 0.1) is 0 Å². The van der Waals surface area contributed by atoms with E-state index in [1.165, 1.54) is 27.4 Å². The fourth-order valence-corrected chi connectivity index (χ4v) is 5.65. The first-order chi connectivity index (χ1) is 17.9. The summed E-state index contributed by atoms with van der Waals surface area (Å²) in [6.45, 7) is 0.782. The molecule has 4 aromatic carbocycles. The van der Waals surface area contributed by atoms with E-state index in [-0.39, 0.29) is 0 Å². The molecule has 0 bridgehead atoms. The maximum Gasteiger partial charge on any atom is 0.151 e. The summed E-state index contributed by atoms with van der Waals surface area (Å²) in [6, 6.07) is 34.4. The average molecular weight is 464 g/mol. The molecule has 0 N–H and O–H groups in total. The van der Waals surface area contributed by atoms with Crippen molar-refractivity contribution < 1.29 is 0 Å². The van der Waals surface area contributed by atoms with Crippen molar-refractivity contribution in [3.8, 4) is 5.69 Å². The predicted molar refractivity (Wildman–Crippen MR) is 146 cm³/mol. The van der Waals surface area contributed by atoms with Gasteiger partial charge >= 0.3 is 0 Å². The Kier molecular flexibility index (Phi) is 3.93. The molecule has 36 heavy (non-hydrogen) atoms. The summed E-state index contributed by atoms with van der Waals surface area (Å²) in [5.41, 5.74) is 7.76. The fraction of sp³-hybridized carbons (Fsp3) is 0.0323. The van der Waals surface area contributed by atoms with E-state index < -0.39 is 0 Å². The molecule has 0 fully saturated rings. The van der Waals surface area contributed by atoms with Gasteiger partial charge in [0.1, 0.15) is 17.5 Å². The first kappa shape index (κ1) is 19.4. The second kappa shape index (κ2) is 7.30. The molecule has 0 spiro atoms. The predicted octanol–water partition coefficient (Wildman–Crippen LogP) is 6.98. The van der Waals surface area contributed by atoms with Crippen molar-refractivity contribution in [1.29, 1.82) is 0 Å². The molecule has 0 saturated carbocycles. The van der Waals surface area contributed by atoms with E-state index >= 15 is 0 Å². The number of aromatic nitrogens is 5. The zero-order valence-corrected chi connectivity index (χ0v) is 19.4. The molecule has 0 unspecified atom stereocenters. The Morgan fingerprint density at radius 1 is 0.639 bits per heavy atom. The summed E-state index contributed by atoms with van der Waals surface area (Å²) in [7, 11) is 0. The molecule has 0 saturated heterocycles. The smallest absolute Gasteiger partial charge is 0.151 e. The standard InChI is InChI=1S/C31H21N5/c1-2-8-22(9-3-1)36-20-33-29-26-18-21(14-15-25(26)30-32-16-17-34(30)31(29)36)19-35-27-12-6-4-10-23(27)24-11-5-7-13-28(24)35/h1-18,20H,19H2. The van der Waals surface area contributed by atoms with E-state index in [0.29, 0.717) is 0 Å². The van der Waals surface area contributed by atoms with Gasteiger partial charge in [-0.1, -0.05) is 66.7 Å². The molecule has 0 amide bonds. The van der Waals surface area contributed by atoms with Crippen molar-refractivity contribution in [2.24, 2.45) is 0 Å². The lowest BCUT2D eigenvalue weighted by Crippen LogP contribution is -2.01. The lowest BCUT2D eigenvalue weighted by molar-refractivity contribution is 0.870. The summed E-state index contributed by atoms with van der Waals surface area (Å²) >= 11 is 0. The normalized spacial score (nSPS) is 12.0. The van der Waals surface area contributed by atoms with Crippen LogP contribution < -0.4 is 0 Å². The van der Waals surface area contributed by atoms with Crippen LogP contribution in [0.5, 0.6) is 0 Å². The van der Waals surface area contributed by atoms with Crippen LogP contribution in [0.4, 0.5) is 0 Å². The minimum atomic E-state index is 0.782. The number of hydrogen-bond acceptors (Lipinski definition) is 2. The van der Waals surface area contributed by atoms with Crippen LogP contribution in [-0.4, -0.2) is 23.5 Å². The zero-order valence-electron chi connectivity index (χ0n) is 19.4. The van der Waals surface area contributed by atoms with Crippen LogP contribution in [0.15, 0.2) is 116 Å². The molecule has 0 aliphatic rings. The first-order valence-corrected chi connectivity index (χ1v) is 12.1. The van der Waals surface area contributed by atoms with Crippen molar-refractivity contribution >= 4 is 49.4 Å². The molecule has 170 valence electrons. The number of imidazole rings is 2. The van der Waals surface area contributed by atoms with Crippen molar-refractivity contribution in [2.75, 3.05) is 0 Å². The molecule has 4 heterocycles. The van der Waals surface area contributed by atoms with Gasteiger partial charge in [-0.25, -0.2) is 9.97 Å². The molecular weight excluding hydrogens is 442 g/mol. The molecule has 8 aromatic rings. The van der Waals surface area contributed by atoms with Crippen LogP contribution in [0.25, 0.3) is 55.1 Å². The molecule has 5 nitrogen and oxygen atoms in total. The van der Waals surface area contributed by atoms with Gasteiger partial charge < -0.3 is 4.57 Å². The minimum Gasteiger partial charge on any atom is -0.336 e. The Balaban J connectivity index is 1.38. The highest BCUT2D eigenvalue weighted by Gasteiger charge is 2.16. The van der Waals surface area contributed by atoms with Crippen LogP contribution in [0.1, 0.15) is 5.56 Å². The molecule has 5 heteroatoms. The van der Waals surface area contributed by atoms with E-state index in [1.54, 1.807) is 0 Å². The number of para-hydroxylation sites is 3.